The van der Waals surface area contributed by atoms with Crippen molar-refractivity contribution in [1.82, 2.24) is 20.0 Å². The van der Waals surface area contributed by atoms with Crippen LogP contribution in [0.2, 0.25) is 0 Å². The van der Waals surface area contributed by atoms with Gasteiger partial charge in [-0.2, -0.15) is 5.26 Å². The number of rotatable bonds is 5. The van der Waals surface area contributed by atoms with E-state index >= 15 is 0 Å². The van der Waals surface area contributed by atoms with Gasteiger partial charge in [0.1, 0.15) is 11.3 Å². The third-order valence-electron chi connectivity index (χ3n) is 6.25. The molecule has 5 aromatic rings. The molecule has 8 heteroatoms. The van der Waals surface area contributed by atoms with Crippen molar-refractivity contribution in [2.24, 2.45) is 0 Å². The number of hydrogen-bond donors (Lipinski definition) is 1. The van der Waals surface area contributed by atoms with E-state index in [0.29, 0.717) is 11.1 Å². The normalized spacial score (nSPS) is 11.6. The fourth-order valence-electron chi connectivity index (χ4n) is 4.59. The molecule has 0 amide bonds. The molecule has 174 valence electrons. The molecular weight excluding hydrogens is 445 g/mol. The second kappa shape index (κ2) is 8.37. The molecule has 0 fully saturated rings. The maximum absolute atomic E-state index is 13.8. The Hall–Kier alpha value is -4.51. The minimum absolute atomic E-state index is 0.259. The fraction of sp³-hybridized carbons (Fsp3) is 0.185. The Morgan fingerprint density at radius 3 is 2.51 bits per heavy atom. The third kappa shape index (κ3) is 3.71. The number of methoxy groups -OCH3 is 1. The molecular formula is C27H22FN5O2. The van der Waals surface area contributed by atoms with Crippen LogP contribution in [0.25, 0.3) is 38.8 Å². The van der Waals surface area contributed by atoms with Crippen molar-refractivity contribution in [1.29, 1.82) is 5.26 Å². The van der Waals surface area contributed by atoms with Crippen LogP contribution in [0.4, 0.5) is 4.39 Å². The number of nitriles is 1. The minimum Gasteiger partial charge on any atom is -0.465 e. The number of benzene rings is 3. The number of fused-ring (bicyclic) bond motifs is 2. The highest BCUT2D eigenvalue weighted by atomic mass is 19.1. The van der Waals surface area contributed by atoms with Crippen molar-refractivity contribution in [3.05, 3.63) is 77.7 Å². The zero-order valence-electron chi connectivity index (χ0n) is 19.5. The molecule has 5 rings (SSSR count). The van der Waals surface area contributed by atoms with E-state index in [9.17, 15) is 14.4 Å². The lowest BCUT2D eigenvalue weighted by molar-refractivity contribution is 0.0600. The van der Waals surface area contributed by atoms with Gasteiger partial charge in [-0.15, -0.1) is 5.10 Å². The first-order chi connectivity index (χ1) is 16.8. The standard InChI is InChI=1S/C27H22FN5O2/c1-27(2,12-13-29)25-24(16-4-6-17(7-5-16)26(34)35-3)20-14-21-22(31-32-30-21)15-23(20)33(25)19-10-8-18(28)9-11-19/h4-11,14-15H,12H2,1-3H3,(H,30,31,32). The van der Waals surface area contributed by atoms with E-state index < -0.39 is 11.4 Å². The number of hydrogen-bond acceptors (Lipinski definition) is 5. The molecule has 2 aromatic heterocycles. The number of aromatic nitrogens is 4. The van der Waals surface area contributed by atoms with Gasteiger partial charge in [0.25, 0.3) is 0 Å². The van der Waals surface area contributed by atoms with Crippen molar-refractivity contribution in [3.8, 4) is 22.9 Å². The average molecular weight is 468 g/mol. The molecule has 1 N–H and O–H groups in total. The molecule has 35 heavy (non-hydrogen) atoms. The molecule has 0 aliphatic rings. The average Bonchev–Trinajstić information content (AvgIpc) is 3.45. The Kier molecular flexibility index (Phi) is 5.33. The minimum atomic E-state index is -0.572. The molecule has 0 unspecified atom stereocenters. The first-order valence-corrected chi connectivity index (χ1v) is 11.1. The lowest BCUT2D eigenvalue weighted by Crippen LogP contribution is -2.21. The monoisotopic (exact) mass is 467 g/mol. The van der Waals surface area contributed by atoms with Crippen LogP contribution >= 0.6 is 0 Å². The van der Waals surface area contributed by atoms with Crippen LogP contribution in [0.3, 0.4) is 0 Å². The van der Waals surface area contributed by atoms with Crippen LogP contribution in [0.15, 0.2) is 60.7 Å². The summed E-state index contributed by atoms with van der Waals surface area (Å²) in [4.78, 5) is 12.0. The molecule has 2 heterocycles. The summed E-state index contributed by atoms with van der Waals surface area (Å²) >= 11 is 0. The Balaban J connectivity index is 1.91. The number of carbonyl (C=O) groups is 1. The topological polar surface area (TPSA) is 96.6 Å². The van der Waals surface area contributed by atoms with Gasteiger partial charge in [0.15, 0.2) is 0 Å². The number of H-pyrrole nitrogens is 1. The van der Waals surface area contributed by atoms with Gasteiger partial charge >= 0.3 is 5.97 Å². The number of esters is 1. The summed E-state index contributed by atoms with van der Waals surface area (Å²) in [6.07, 6.45) is 0.259. The van der Waals surface area contributed by atoms with E-state index in [-0.39, 0.29) is 12.2 Å². The van der Waals surface area contributed by atoms with Crippen molar-refractivity contribution in [2.75, 3.05) is 7.11 Å². The van der Waals surface area contributed by atoms with E-state index in [1.54, 1.807) is 24.3 Å². The summed E-state index contributed by atoms with van der Waals surface area (Å²) in [5.41, 5.74) is 5.63. The Morgan fingerprint density at radius 2 is 1.86 bits per heavy atom. The predicted octanol–water partition coefficient (Wildman–Crippen LogP) is 5.69. The van der Waals surface area contributed by atoms with Crippen LogP contribution < -0.4 is 0 Å². The second-order valence-corrected chi connectivity index (χ2v) is 9.02. The van der Waals surface area contributed by atoms with Gasteiger partial charge in [0.05, 0.1) is 29.8 Å². The summed E-state index contributed by atoms with van der Waals surface area (Å²) in [6.45, 7) is 4.03. The van der Waals surface area contributed by atoms with E-state index in [4.69, 9.17) is 4.74 Å². The Labute approximate surface area is 200 Å². The summed E-state index contributed by atoms with van der Waals surface area (Å²) in [5.74, 6) is -0.749. The number of aromatic amines is 1. The predicted molar refractivity (Wildman–Crippen MR) is 131 cm³/mol. The van der Waals surface area contributed by atoms with Crippen LogP contribution in [0.5, 0.6) is 0 Å². The van der Waals surface area contributed by atoms with E-state index in [0.717, 1.165) is 38.9 Å². The lowest BCUT2D eigenvalue weighted by atomic mass is 9.81. The summed E-state index contributed by atoms with van der Waals surface area (Å²) in [6, 6.07) is 19.7. The Bertz CT molecular complexity index is 1610. The second-order valence-electron chi connectivity index (χ2n) is 9.02. The molecule has 0 aliphatic carbocycles. The summed E-state index contributed by atoms with van der Waals surface area (Å²) in [5, 5.41) is 21.6. The highest BCUT2D eigenvalue weighted by Gasteiger charge is 2.32. The lowest BCUT2D eigenvalue weighted by Gasteiger charge is -2.26. The van der Waals surface area contributed by atoms with Crippen LogP contribution in [-0.4, -0.2) is 33.1 Å². The number of nitrogens with one attached hydrogen (secondary N) is 1. The SMILES string of the molecule is COC(=O)c1ccc(-c2c(C(C)(C)CC#N)n(-c3ccc(F)cc3)c3cc4nn[nH]c4cc23)cc1. The van der Waals surface area contributed by atoms with Gasteiger partial charge in [-0.3, -0.25) is 5.10 Å². The van der Waals surface area contributed by atoms with Crippen molar-refractivity contribution in [2.45, 2.75) is 25.7 Å². The van der Waals surface area contributed by atoms with Crippen LogP contribution in [-0.2, 0) is 10.2 Å². The van der Waals surface area contributed by atoms with Crippen LogP contribution in [0, 0.1) is 17.1 Å². The number of carbonyl (C=O) groups excluding carboxylic acids is 1. The van der Waals surface area contributed by atoms with E-state index in [1.165, 1.54) is 19.2 Å². The highest BCUT2D eigenvalue weighted by Crippen LogP contribution is 2.44. The highest BCUT2D eigenvalue weighted by molar-refractivity contribution is 6.05. The quantitative estimate of drug-likeness (QED) is 0.335. The van der Waals surface area contributed by atoms with E-state index in [1.807, 2.05) is 38.1 Å². The van der Waals surface area contributed by atoms with Gasteiger partial charge in [0, 0.05) is 34.2 Å². The Morgan fingerprint density at radius 1 is 1.14 bits per heavy atom. The summed E-state index contributed by atoms with van der Waals surface area (Å²) < 4.78 is 20.7. The molecule has 0 aliphatic heterocycles. The van der Waals surface area contributed by atoms with Gasteiger partial charge in [-0.05, 0) is 54.1 Å². The van der Waals surface area contributed by atoms with Gasteiger partial charge in [0.2, 0.25) is 0 Å². The first kappa shape index (κ1) is 22.3. The zero-order valence-corrected chi connectivity index (χ0v) is 19.5. The van der Waals surface area contributed by atoms with Gasteiger partial charge in [-0.25, -0.2) is 9.18 Å². The first-order valence-electron chi connectivity index (χ1n) is 11.1. The van der Waals surface area contributed by atoms with Crippen molar-refractivity contribution >= 4 is 27.9 Å². The maximum atomic E-state index is 13.8. The molecule has 0 bridgehead atoms. The number of halogens is 1. The molecule has 0 atom stereocenters. The van der Waals surface area contributed by atoms with Gasteiger partial charge < -0.3 is 9.30 Å². The fourth-order valence-corrected chi connectivity index (χ4v) is 4.59. The van der Waals surface area contributed by atoms with Crippen LogP contribution in [0.1, 0.15) is 36.3 Å². The molecule has 3 aromatic carbocycles. The third-order valence-corrected chi connectivity index (χ3v) is 6.25. The summed E-state index contributed by atoms with van der Waals surface area (Å²) in [7, 11) is 1.35. The smallest absolute Gasteiger partial charge is 0.337 e. The number of nitrogens with zero attached hydrogens (tertiary/aromatic N) is 4. The zero-order chi connectivity index (χ0) is 24.7. The van der Waals surface area contributed by atoms with Gasteiger partial charge in [-0.1, -0.05) is 31.2 Å². The largest absolute Gasteiger partial charge is 0.465 e. The number of ether oxygens (including phenoxy) is 1. The molecule has 0 saturated heterocycles. The molecule has 0 saturated carbocycles. The van der Waals surface area contributed by atoms with Crippen molar-refractivity contribution in [3.63, 3.8) is 0 Å². The molecule has 7 nitrogen and oxygen atoms in total. The molecule has 0 radical (unpaired) electrons. The van der Waals surface area contributed by atoms with E-state index in [2.05, 4.69) is 26.0 Å². The van der Waals surface area contributed by atoms with Crippen molar-refractivity contribution < 1.29 is 13.9 Å². The molecule has 0 spiro atoms. The maximum Gasteiger partial charge on any atom is 0.337 e.